The maximum Gasteiger partial charge on any atom is 0.237 e. The molecule has 2 fully saturated rings. The van der Waals surface area contributed by atoms with E-state index in [-0.39, 0.29) is 35.6 Å². The summed E-state index contributed by atoms with van der Waals surface area (Å²) in [6, 6.07) is -0.0866. The maximum atomic E-state index is 12.4. The molecule has 2 aliphatic heterocycles. The summed E-state index contributed by atoms with van der Waals surface area (Å²) in [6.45, 7) is 4.42. The fourth-order valence-corrected chi connectivity index (χ4v) is 3.31. The van der Waals surface area contributed by atoms with E-state index >= 15 is 0 Å². The maximum absolute atomic E-state index is 12.4. The Morgan fingerprint density at radius 1 is 1.14 bits per heavy atom. The van der Waals surface area contributed by atoms with Gasteiger partial charge in [-0.3, -0.25) is 19.3 Å². The van der Waals surface area contributed by atoms with Crippen LogP contribution < -0.4 is 0 Å². The molecule has 3 amide bonds. The second kappa shape index (κ2) is 5.31. The van der Waals surface area contributed by atoms with Crippen molar-refractivity contribution >= 4 is 17.7 Å². The molecule has 3 aliphatic rings. The first-order valence-corrected chi connectivity index (χ1v) is 7.24. The SMILES string of the molecule is C=CCN1C(=O)CC[C@H]1CN1C(=O)C2C=CC=CC2C1=O. The molecule has 0 radical (unpaired) electrons. The van der Waals surface area contributed by atoms with Crippen LogP contribution in [0.4, 0.5) is 0 Å². The highest BCUT2D eigenvalue weighted by molar-refractivity contribution is 6.07. The zero-order valence-corrected chi connectivity index (χ0v) is 11.8. The van der Waals surface area contributed by atoms with Gasteiger partial charge in [0.15, 0.2) is 0 Å². The molecule has 2 unspecified atom stereocenters. The van der Waals surface area contributed by atoms with E-state index in [0.717, 1.165) is 0 Å². The van der Waals surface area contributed by atoms with Crippen LogP contribution in [0.1, 0.15) is 12.8 Å². The minimum absolute atomic E-state index is 0.0659. The van der Waals surface area contributed by atoms with Crippen LogP contribution in [-0.4, -0.2) is 46.7 Å². The van der Waals surface area contributed by atoms with Crippen molar-refractivity contribution in [1.82, 2.24) is 9.80 Å². The summed E-state index contributed by atoms with van der Waals surface area (Å²) in [5.41, 5.74) is 0. The fourth-order valence-electron chi connectivity index (χ4n) is 3.31. The number of allylic oxidation sites excluding steroid dienone is 2. The second-order valence-corrected chi connectivity index (χ2v) is 5.64. The van der Waals surface area contributed by atoms with Gasteiger partial charge >= 0.3 is 0 Å². The summed E-state index contributed by atoms with van der Waals surface area (Å²) >= 11 is 0. The molecule has 1 aliphatic carbocycles. The van der Waals surface area contributed by atoms with Gasteiger partial charge in [-0.15, -0.1) is 6.58 Å². The molecular weight excluding hydrogens is 268 g/mol. The molecule has 0 bridgehead atoms. The average Bonchev–Trinajstić information content (AvgIpc) is 2.95. The van der Waals surface area contributed by atoms with Gasteiger partial charge in [-0.05, 0) is 6.42 Å². The van der Waals surface area contributed by atoms with Gasteiger partial charge in [0.1, 0.15) is 0 Å². The average molecular weight is 286 g/mol. The number of hydrogen-bond acceptors (Lipinski definition) is 3. The molecule has 3 rings (SSSR count). The Balaban J connectivity index is 1.76. The van der Waals surface area contributed by atoms with Gasteiger partial charge in [0.05, 0.1) is 17.9 Å². The number of carbonyl (C=O) groups is 3. The molecule has 0 saturated carbocycles. The molecular formula is C16H18N2O3. The van der Waals surface area contributed by atoms with Crippen molar-refractivity contribution in [2.24, 2.45) is 11.8 Å². The van der Waals surface area contributed by atoms with E-state index in [2.05, 4.69) is 6.58 Å². The summed E-state index contributed by atoms with van der Waals surface area (Å²) in [6.07, 6.45) is 10.0. The zero-order valence-electron chi connectivity index (χ0n) is 11.8. The standard InChI is InChI=1S/C16H18N2O3/c1-2-9-17-11(7-8-14(17)19)10-18-15(20)12-5-3-4-6-13(12)16(18)21/h2-6,11-13H,1,7-10H2/t11-,12?,13?/m0/s1. The van der Waals surface area contributed by atoms with E-state index in [4.69, 9.17) is 0 Å². The van der Waals surface area contributed by atoms with E-state index in [1.807, 2.05) is 0 Å². The van der Waals surface area contributed by atoms with Crippen LogP contribution in [-0.2, 0) is 14.4 Å². The normalized spacial score (nSPS) is 31.2. The number of nitrogens with zero attached hydrogens (tertiary/aromatic N) is 2. The van der Waals surface area contributed by atoms with E-state index in [1.54, 1.807) is 35.3 Å². The highest BCUT2D eigenvalue weighted by atomic mass is 16.2. The quantitative estimate of drug-likeness (QED) is 0.569. The molecule has 0 aromatic heterocycles. The lowest BCUT2D eigenvalue weighted by atomic mass is 9.91. The molecule has 2 heterocycles. The van der Waals surface area contributed by atoms with Crippen LogP contribution in [0.3, 0.4) is 0 Å². The van der Waals surface area contributed by atoms with Crippen molar-refractivity contribution in [3.8, 4) is 0 Å². The van der Waals surface area contributed by atoms with Crippen molar-refractivity contribution in [2.45, 2.75) is 18.9 Å². The summed E-state index contributed by atoms with van der Waals surface area (Å²) in [4.78, 5) is 39.6. The molecule has 21 heavy (non-hydrogen) atoms. The van der Waals surface area contributed by atoms with Crippen molar-refractivity contribution in [3.05, 3.63) is 37.0 Å². The van der Waals surface area contributed by atoms with E-state index < -0.39 is 0 Å². The minimum atomic E-state index is -0.368. The molecule has 0 spiro atoms. The molecule has 5 nitrogen and oxygen atoms in total. The number of imide groups is 1. The Labute approximate surface area is 123 Å². The van der Waals surface area contributed by atoms with Crippen molar-refractivity contribution in [2.75, 3.05) is 13.1 Å². The Morgan fingerprint density at radius 2 is 1.76 bits per heavy atom. The van der Waals surface area contributed by atoms with Crippen LogP contribution >= 0.6 is 0 Å². The highest BCUT2D eigenvalue weighted by Crippen LogP contribution is 2.32. The first-order chi connectivity index (χ1) is 10.1. The van der Waals surface area contributed by atoms with Gasteiger partial charge in [-0.1, -0.05) is 30.4 Å². The van der Waals surface area contributed by atoms with Gasteiger partial charge in [-0.2, -0.15) is 0 Å². The van der Waals surface area contributed by atoms with Crippen molar-refractivity contribution in [3.63, 3.8) is 0 Å². The lowest BCUT2D eigenvalue weighted by molar-refractivity contribution is -0.141. The molecule has 0 N–H and O–H groups in total. The third-order valence-electron chi connectivity index (χ3n) is 4.41. The van der Waals surface area contributed by atoms with Gasteiger partial charge < -0.3 is 4.90 Å². The largest absolute Gasteiger partial charge is 0.334 e. The summed E-state index contributed by atoms with van der Waals surface area (Å²) in [5.74, 6) is -0.969. The Bertz CT molecular complexity index is 534. The van der Waals surface area contributed by atoms with Gasteiger partial charge in [0, 0.05) is 19.5 Å². The fraction of sp³-hybridized carbons (Fsp3) is 0.438. The van der Waals surface area contributed by atoms with Crippen LogP contribution in [0.15, 0.2) is 37.0 Å². The Kier molecular flexibility index (Phi) is 3.49. The number of amides is 3. The second-order valence-electron chi connectivity index (χ2n) is 5.64. The van der Waals surface area contributed by atoms with Crippen molar-refractivity contribution < 1.29 is 14.4 Å². The van der Waals surface area contributed by atoms with Crippen LogP contribution in [0.25, 0.3) is 0 Å². The summed E-state index contributed by atoms with van der Waals surface area (Å²) in [7, 11) is 0. The predicted octanol–water partition coefficient (Wildman–Crippen LogP) is 0.891. The first-order valence-electron chi connectivity index (χ1n) is 7.24. The summed E-state index contributed by atoms with van der Waals surface area (Å²) in [5, 5.41) is 0. The molecule has 3 atom stereocenters. The number of carbonyl (C=O) groups excluding carboxylic acids is 3. The third kappa shape index (κ3) is 2.22. The lowest BCUT2D eigenvalue weighted by Crippen LogP contribution is -2.44. The van der Waals surface area contributed by atoms with Crippen molar-refractivity contribution in [1.29, 1.82) is 0 Å². The number of hydrogen-bond donors (Lipinski definition) is 0. The number of likely N-dealkylation sites (tertiary alicyclic amines) is 2. The van der Waals surface area contributed by atoms with Crippen LogP contribution in [0, 0.1) is 11.8 Å². The number of fused-ring (bicyclic) bond motifs is 1. The monoisotopic (exact) mass is 286 g/mol. The highest BCUT2D eigenvalue weighted by Gasteiger charge is 2.47. The van der Waals surface area contributed by atoms with Crippen LogP contribution in [0.5, 0.6) is 0 Å². The van der Waals surface area contributed by atoms with E-state index in [1.165, 1.54) is 4.90 Å². The molecule has 0 aromatic rings. The van der Waals surface area contributed by atoms with E-state index in [0.29, 0.717) is 25.9 Å². The first kappa shape index (κ1) is 13.8. The zero-order chi connectivity index (χ0) is 15.0. The van der Waals surface area contributed by atoms with Crippen LogP contribution in [0.2, 0.25) is 0 Å². The van der Waals surface area contributed by atoms with Gasteiger partial charge in [0.2, 0.25) is 17.7 Å². The number of rotatable bonds is 4. The Morgan fingerprint density at radius 3 is 2.33 bits per heavy atom. The van der Waals surface area contributed by atoms with Gasteiger partial charge in [-0.25, -0.2) is 0 Å². The molecule has 5 heteroatoms. The Hall–Kier alpha value is -2.17. The van der Waals surface area contributed by atoms with E-state index in [9.17, 15) is 14.4 Å². The molecule has 0 aromatic carbocycles. The lowest BCUT2D eigenvalue weighted by Gasteiger charge is -2.27. The summed E-state index contributed by atoms with van der Waals surface area (Å²) < 4.78 is 0. The molecule has 2 saturated heterocycles. The third-order valence-corrected chi connectivity index (χ3v) is 4.41. The minimum Gasteiger partial charge on any atom is -0.334 e. The smallest absolute Gasteiger partial charge is 0.237 e. The topological polar surface area (TPSA) is 57.7 Å². The molecule has 110 valence electrons. The van der Waals surface area contributed by atoms with Gasteiger partial charge in [0.25, 0.3) is 0 Å². The predicted molar refractivity (Wildman–Crippen MR) is 76.9 cm³/mol.